The van der Waals surface area contributed by atoms with E-state index in [1.807, 2.05) is 4.98 Å². The molecule has 8 nitrogen and oxygen atoms in total. The normalized spacial score (nSPS) is 18.4. The first-order valence-corrected chi connectivity index (χ1v) is 4.77. The Morgan fingerprint density at radius 1 is 1.41 bits per heavy atom. The van der Waals surface area contributed by atoms with Crippen LogP contribution in [-0.4, -0.2) is 26.5 Å². The molecule has 8 heteroatoms. The van der Waals surface area contributed by atoms with Crippen LogP contribution in [0.15, 0.2) is 9.59 Å². The minimum atomic E-state index is -1.27. The Labute approximate surface area is 93.9 Å². The topological polar surface area (TPSA) is 121 Å². The molecule has 2 rings (SSSR count). The first-order valence-electron chi connectivity index (χ1n) is 4.77. The number of amides is 1. The molecule has 1 amide bonds. The van der Waals surface area contributed by atoms with Gasteiger partial charge in [0.05, 0.1) is 11.5 Å². The number of carbonyl (C=O) groups is 2. The number of nitrogens with zero attached hydrogens (tertiary/aromatic N) is 1. The van der Waals surface area contributed by atoms with Gasteiger partial charge in [-0.25, -0.2) is 4.79 Å². The van der Waals surface area contributed by atoms with Crippen molar-refractivity contribution in [3.8, 4) is 0 Å². The molecule has 0 radical (unpaired) electrons. The van der Waals surface area contributed by atoms with Crippen LogP contribution >= 0.6 is 0 Å². The van der Waals surface area contributed by atoms with E-state index in [0.29, 0.717) is 0 Å². The summed E-state index contributed by atoms with van der Waals surface area (Å²) in [6.07, 6.45) is -0.316. The Balaban J connectivity index is 2.79. The highest BCUT2D eigenvalue weighted by Crippen LogP contribution is 2.27. The van der Waals surface area contributed by atoms with E-state index in [1.54, 1.807) is 0 Å². The van der Waals surface area contributed by atoms with Crippen LogP contribution in [0.25, 0.3) is 0 Å². The lowest BCUT2D eigenvalue weighted by atomic mass is 9.94. The number of rotatable bonds is 1. The van der Waals surface area contributed by atoms with Crippen molar-refractivity contribution in [3.05, 3.63) is 26.4 Å². The van der Waals surface area contributed by atoms with Crippen LogP contribution in [0.4, 0.5) is 5.82 Å². The van der Waals surface area contributed by atoms with Crippen LogP contribution < -0.4 is 16.6 Å². The minimum absolute atomic E-state index is 0.0533. The van der Waals surface area contributed by atoms with Gasteiger partial charge in [-0.3, -0.25) is 23.9 Å². The Kier molecular flexibility index (Phi) is 2.34. The van der Waals surface area contributed by atoms with E-state index in [0.717, 1.165) is 4.57 Å². The zero-order chi connectivity index (χ0) is 12.7. The molecule has 0 fully saturated rings. The Morgan fingerprint density at radius 2 is 2.06 bits per heavy atom. The zero-order valence-electron chi connectivity index (χ0n) is 8.81. The second-order valence-electron chi connectivity index (χ2n) is 3.72. The predicted molar refractivity (Wildman–Crippen MR) is 55.9 cm³/mol. The lowest BCUT2D eigenvalue weighted by Gasteiger charge is -2.22. The van der Waals surface area contributed by atoms with Crippen LogP contribution in [-0.2, 0) is 16.6 Å². The molecule has 1 aromatic heterocycles. The van der Waals surface area contributed by atoms with Crippen molar-refractivity contribution >= 4 is 17.7 Å². The van der Waals surface area contributed by atoms with Gasteiger partial charge in [0.1, 0.15) is 5.82 Å². The summed E-state index contributed by atoms with van der Waals surface area (Å²) in [5.74, 6) is -3.09. The molecule has 0 unspecified atom stereocenters. The number of aliphatic carboxylic acids is 1. The number of aromatic nitrogens is 2. The van der Waals surface area contributed by atoms with Crippen LogP contribution in [0, 0.1) is 0 Å². The molecule has 3 N–H and O–H groups in total. The zero-order valence-corrected chi connectivity index (χ0v) is 8.81. The number of anilines is 1. The summed E-state index contributed by atoms with van der Waals surface area (Å²) in [5.41, 5.74) is -1.59. The van der Waals surface area contributed by atoms with Crippen LogP contribution in [0.2, 0.25) is 0 Å². The van der Waals surface area contributed by atoms with Crippen molar-refractivity contribution in [2.45, 2.75) is 12.3 Å². The number of carboxylic acid groups (broad SMARTS) is 1. The number of carbonyl (C=O) groups excluding carboxylic acids is 1. The molecule has 0 saturated heterocycles. The molecule has 0 saturated carbocycles. The van der Waals surface area contributed by atoms with E-state index in [-0.39, 0.29) is 17.8 Å². The van der Waals surface area contributed by atoms with Crippen LogP contribution in [0.3, 0.4) is 0 Å². The molecule has 0 aromatic carbocycles. The van der Waals surface area contributed by atoms with E-state index in [1.165, 1.54) is 7.05 Å². The second-order valence-corrected chi connectivity index (χ2v) is 3.72. The maximum atomic E-state index is 11.6. The largest absolute Gasteiger partial charge is 0.481 e. The number of nitrogens with one attached hydrogen (secondary N) is 2. The molecule has 1 aliphatic heterocycles. The smallest absolute Gasteiger partial charge is 0.329 e. The SMILES string of the molecule is Cn1c2c(c(=O)[nH]c1=O)[C@@H](C(=O)O)CC(=O)N2. The first kappa shape index (κ1) is 11.1. The highest BCUT2D eigenvalue weighted by Gasteiger charge is 2.34. The summed E-state index contributed by atoms with van der Waals surface area (Å²) in [6, 6.07) is 0. The van der Waals surface area contributed by atoms with Gasteiger partial charge in [-0.15, -0.1) is 0 Å². The molecule has 0 aliphatic carbocycles. The highest BCUT2D eigenvalue weighted by atomic mass is 16.4. The number of hydrogen-bond donors (Lipinski definition) is 3. The van der Waals surface area contributed by atoms with Gasteiger partial charge in [0.15, 0.2) is 0 Å². The van der Waals surface area contributed by atoms with Gasteiger partial charge < -0.3 is 10.4 Å². The Morgan fingerprint density at radius 3 is 2.65 bits per heavy atom. The highest BCUT2D eigenvalue weighted by molar-refractivity contribution is 5.98. The van der Waals surface area contributed by atoms with Crippen LogP contribution in [0.1, 0.15) is 17.9 Å². The number of aromatic amines is 1. The number of H-pyrrole nitrogens is 1. The number of fused-ring (bicyclic) bond motifs is 1. The van der Waals surface area contributed by atoms with Gasteiger partial charge in [-0.1, -0.05) is 0 Å². The molecule has 1 atom stereocenters. The monoisotopic (exact) mass is 239 g/mol. The summed E-state index contributed by atoms with van der Waals surface area (Å²) in [6.45, 7) is 0. The van der Waals surface area contributed by atoms with Gasteiger partial charge >= 0.3 is 11.7 Å². The fraction of sp³-hybridized carbons (Fsp3) is 0.333. The quantitative estimate of drug-likeness (QED) is 0.555. The maximum Gasteiger partial charge on any atom is 0.329 e. The van der Waals surface area contributed by atoms with E-state index in [2.05, 4.69) is 5.32 Å². The Bertz CT molecular complexity index is 626. The van der Waals surface area contributed by atoms with Crippen molar-refractivity contribution in [2.24, 2.45) is 7.05 Å². The molecule has 90 valence electrons. The molecular weight excluding hydrogens is 230 g/mol. The van der Waals surface area contributed by atoms with E-state index < -0.39 is 29.0 Å². The Hall–Kier alpha value is -2.38. The van der Waals surface area contributed by atoms with Gasteiger partial charge in [0, 0.05) is 13.5 Å². The lowest BCUT2D eigenvalue weighted by Crippen LogP contribution is -2.40. The second kappa shape index (κ2) is 3.58. The van der Waals surface area contributed by atoms with E-state index in [9.17, 15) is 19.2 Å². The molecule has 0 spiro atoms. The van der Waals surface area contributed by atoms with Crippen molar-refractivity contribution in [3.63, 3.8) is 0 Å². The summed E-state index contributed by atoms with van der Waals surface area (Å²) in [4.78, 5) is 47.2. The summed E-state index contributed by atoms with van der Waals surface area (Å²) in [7, 11) is 1.33. The van der Waals surface area contributed by atoms with E-state index in [4.69, 9.17) is 5.11 Å². The summed E-state index contributed by atoms with van der Waals surface area (Å²) < 4.78 is 1.00. The molecule has 1 aromatic rings. The van der Waals surface area contributed by atoms with E-state index >= 15 is 0 Å². The van der Waals surface area contributed by atoms with Gasteiger partial charge in [-0.2, -0.15) is 0 Å². The number of hydrogen-bond acceptors (Lipinski definition) is 4. The third-order valence-corrected chi connectivity index (χ3v) is 2.65. The summed E-state index contributed by atoms with van der Waals surface area (Å²) >= 11 is 0. The molecule has 0 bridgehead atoms. The van der Waals surface area contributed by atoms with Crippen molar-refractivity contribution in [2.75, 3.05) is 5.32 Å². The average Bonchev–Trinajstić information content (AvgIpc) is 2.24. The minimum Gasteiger partial charge on any atom is -0.481 e. The summed E-state index contributed by atoms with van der Waals surface area (Å²) in [5, 5.41) is 11.3. The number of carboxylic acids is 1. The molecule has 1 aliphatic rings. The van der Waals surface area contributed by atoms with Crippen molar-refractivity contribution < 1.29 is 14.7 Å². The van der Waals surface area contributed by atoms with Gasteiger partial charge in [0.25, 0.3) is 5.56 Å². The fourth-order valence-corrected chi connectivity index (χ4v) is 1.79. The van der Waals surface area contributed by atoms with Crippen molar-refractivity contribution in [1.29, 1.82) is 0 Å². The predicted octanol–water partition coefficient (Wildman–Crippen LogP) is -1.42. The third kappa shape index (κ3) is 1.63. The average molecular weight is 239 g/mol. The molecule has 17 heavy (non-hydrogen) atoms. The molecular formula is C9H9N3O5. The lowest BCUT2D eigenvalue weighted by molar-refractivity contribution is -0.140. The van der Waals surface area contributed by atoms with Gasteiger partial charge in [0.2, 0.25) is 5.91 Å². The van der Waals surface area contributed by atoms with Gasteiger partial charge in [-0.05, 0) is 0 Å². The van der Waals surface area contributed by atoms with Crippen LogP contribution in [0.5, 0.6) is 0 Å². The third-order valence-electron chi connectivity index (χ3n) is 2.65. The molecule has 2 heterocycles. The fourth-order valence-electron chi connectivity index (χ4n) is 1.79. The van der Waals surface area contributed by atoms with Crippen molar-refractivity contribution in [1.82, 2.24) is 9.55 Å². The first-order chi connectivity index (χ1) is 7.91. The maximum absolute atomic E-state index is 11.6. The standard InChI is InChI=1S/C9H9N3O5/c1-12-6-5(7(14)11-9(12)17)3(8(15)16)2-4(13)10-6/h3H,2H2,1H3,(H,10,13)(H,15,16)(H,11,14,17)/t3-/m0/s1.